The Balaban J connectivity index is 2.29. The van der Waals surface area contributed by atoms with Gasteiger partial charge in [-0.3, -0.25) is 4.98 Å². The molecule has 0 unspecified atom stereocenters. The zero-order chi connectivity index (χ0) is 13.8. The van der Waals surface area contributed by atoms with E-state index in [0.717, 1.165) is 11.3 Å². The van der Waals surface area contributed by atoms with Gasteiger partial charge in [0.2, 0.25) is 0 Å². The van der Waals surface area contributed by atoms with E-state index in [9.17, 15) is 4.39 Å². The fraction of sp³-hybridized carbons (Fsp3) is 0.267. The Morgan fingerprint density at radius 2 is 1.95 bits per heavy atom. The number of anilines is 1. The summed E-state index contributed by atoms with van der Waals surface area (Å²) in [7, 11) is 1.93. The summed E-state index contributed by atoms with van der Waals surface area (Å²) in [6.45, 7) is 2.48. The molecule has 0 aliphatic carbocycles. The summed E-state index contributed by atoms with van der Waals surface area (Å²) >= 11 is 0. The lowest BCUT2D eigenvalue weighted by Crippen LogP contribution is -2.21. The molecule has 2 rings (SSSR count). The zero-order valence-electron chi connectivity index (χ0n) is 11.2. The minimum Gasteiger partial charge on any atom is -0.370 e. The summed E-state index contributed by atoms with van der Waals surface area (Å²) < 4.78 is 13.9. The number of halogens is 1. The van der Waals surface area contributed by atoms with Crippen molar-refractivity contribution < 1.29 is 4.39 Å². The number of hydrogen-bond donors (Lipinski definition) is 1. The van der Waals surface area contributed by atoms with Gasteiger partial charge in [-0.2, -0.15) is 0 Å². The third-order valence-electron chi connectivity index (χ3n) is 3.07. The van der Waals surface area contributed by atoms with Crippen molar-refractivity contribution >= 4 is 5.69 Å². The van der Waals surface area contributed by atoms with Crippen LogP contribution in [-0.4, -0.2) is 12.0 Å². The number of benzene rings is 1. The Morgan fingerprint density at radius 1 is 1.26 bits per heavy atom. The molecule has 0 fully saturated rings. The zero-order valence-corrected chi connectivity index (χ0v) is 11.2. The summed E-state index contributed by atoms with van der Waals surface area (Å²) in [6, 6.07) is 8.60. The van der Waals surface area contributed by atoms with Crippen molar-refractivity contribution in [3.63, 3.8) is 0 Å². The maximum absolute atomic E-state index is 13.9. The molecular weight excluding hydrogens is 241 g/mol. The SMILES string of the molecule is C[C@@H](N)c1c(F)cccc1N(C)Cc1ccncc1. The highest BCUT2D eigenvalue weighted by atomic mass is 19.1. The molecule has 0 aliphatic heterocycles. The van der Waals surface area contributed by atoms with Crippen LogP contribution in [0.2, 0.25) is 0 Å². The third-order valence-corrected chi connectivity index (χ3v) is 3.07. The smallest absolute Gasteiger partial charge is 0.130 e. The predicted octanol–water partition coefficient (Wildman–Crippen LogP) is 2.88. The number of rotatable bonds is 4. The Kier molecular flexibility index (Phi) is 4.12. The van der Waals surface area contributed by atoms with E-state index in [1.54, 1.807) is 25.4 Å². The Bertz CT molecular complexity index is 540. The fourth-order valence-corrected chi connectivity index (χ4v) is 2.16. The second-order valence-corrected chi connectivity index (χ2v) is 4.67. The van der Waals surface area contributed by atoms with Crippen molar-refractivity contribution in [1.29, 1.82) is 0 Å². The van der Waals surface area contributed by atoms with Crippen molar-refractivity contribution in [1.82, 2.24) is 4.98 Å². The molecule has 4 heteroatoms. The molecule has 0 saturated heterocycles. The average molecular weight is 259 g/mol. The molecule has 0 aliphatic rings. The molecule has 1 aromatic carbocycles. The molecule has 0 amide bonds. The van der Waals surface area contributed by atoms with E-state index in [1.165, 1.54) is 6.07 Å². The molecule has 19 heavy (non-hydrogen) atoms. The minimum atomic E-state index is -0.337. The highest BCUT2D eigenvalue weighted by Crippen LogP contribution is 2.27. The fourth-order valence-electron chi connectivity index (χ4n) is 2.16. The number of aromatic nitrogens is 1. The lowest BCUT2D eigenvalue weighted by Gasteiger charge is -2.24. The Hall–Kier alpha value is -1.94. The first kappa shape index (κ1) is 13.5. The predicted molar refractivity (Wildman–Crippen MR) is 75.3 cm³/mol. The number of hydrogen-bond acceptors (Lipinski definition) is 3. The van der Waals surface area contributed by atoms with Crippen LogP contribution in [0.4, 0.5) is 10.1 Å². The van der Waals surface area contributed by atoms with Crippen LogP contribution in [0.1, 0.15) is 24.1 Å². The molecule has 0 radical (unpaired) electrons. The first-order chi connectivity index (χ1) is 9.09. The first-order valence-electron chi connectivity index (χ1n) is 6.23. The highest BCUT2D eigenvalue weighted by Gasteiger charge is 2.15. The van der Waals surface area contributed by atoms with Gasteiger partial charge in [0.05, 0.1) is 0 Å². The second-order valence-electron chi connectivity index (χ2n) is 4.67. The van der Waals surface area contributed by atoms with Crippen LogP contribution in [0.15, 0.2) is 42.7 Å². The van der Waals surface area contributed by atoms with E-state index < -0.39 is 0 Å². The molecule has 1 aromatic heterocycles. The van der Waals surface area contributed by atoms with Gasteiger partial charge in [-0.1, -0.05) is 6.07 Å². The van der Waals surface area contributed by atoms with Gasteiger partial charge in [0.25, 0.3) is 0 Å². The Morgan fingerprint density at radius 3 is 2.58 bits per heavy atom. The summed E-state index contributed by atoms with van der Waals surface area (Å²) in [4.78, 5) is 5.98. The highest BCUT2D eigenvalue weighted by molar-refractivity contribution is 5.55. The van der Waals surface area contributed by atoms with Crippen LogP contribution in [-0.2, 0) is 6.54 Å². The lowest BCUT2D eigenvalue weighted by atomic mass is 10.0. The molecule has 100 valence electrons. The molecule has 0 saturated carbocycles. The first-order valence-corrected chi connectivity index (χ1v) is 6.23. The van der Waals surface area contributed by atoms with Gasteiger partial charge >= 0.3 is 0 Å². The maximum atomic E-state index is 13.9. The van der Waals surface area contributed by atoms with E-state index in [2.05, 4.69) is 4.98 Å². The van der Waals surface area contributed by atoms with Crippen LogP contribution >= 0.6 is 0 Å². The molecule has 1 atom stereocenters. The van der Waals surface area contributed by atoms with Crippen LogP contribution < -0.4 is 10.6 Å². The number of pyridine rings is 1. The molecule has 0 bridgehead atoms. The summed E-state index contributed by atoms with van der Waals surface area (Å²) in [6.07, 6.45) is 3.50. The van der Waals surface area contributed by atoms with Gasteiger partial charge in [-0.25, -0.2) is 4.39 Å². The minimum absolute atomic E-state index is 0.255. The molecule has 3 nitrogen and oxygen atoms in total. The monoisotopic (exact) mass is 259 g/mol. The lowest BCUT2D eigenvalue weighted by molar-refractivity contribution is 0.592. The molecule has 2 aromatic rings. The maximum Gasteiger partial charge on any atom is 0.130 e. The van der Waals surface area contributed by atoms with Crippen molar-refractivity contribution in [3.05, 3.63) is 59.7 Å². The van der Waals surface area contributed by atoms with Gasteiger partial charge in [0.1, 0.15) is 5.82 Å². The van der Waals surface area contributed by atoms with Gasteiger partial charge in [-0.05, 0) is 36.8 Å². The summed E-state index contributed by atoms with van der Waals surface area (Å²) in [5, 5.41) is 0. The van der Waals surface area contributed by atoms with E-state index in [0.29, 0.717) is 12.1 Å². The van der Waals surface area contributed by atoms with Crippen LogP contribution in [0.3, 0.4) is 0 Å². The normalized spacial score (nSPS) is 12.2. The van der Waals surface area contributed by atoms with E-state index in [-0.39, 0.29) is 11.9 Å². The summed E-state index contributed by atoms with van der Waals surface area (Å²) in [5.74, 6) is -0.255. The Labute approximate surface area is 112 Å². The van der Waals surface area contributed by atoms with Gasteiger partial charge in [-0.15, -0.1) is 0 Å². The topological polar surface area (TPSA) is 42.1 Å². The van der Waals surface area contributed by atoms with Crippen molar-refractivity contribution in [3.8, 4) is 0 Å². The molecular formula is C15H18FN3. The van der Waals surface area contributed by atoms with E-state index in [1.807, 2.05) is 30.1 Å². The number of nitrogens with zero attached hydrogens (tertiary/aromatic N) is 2. The third kappa shape index (κ3) is 3.09. The van der Waals surface area contributed by atoms with Gasteiger partial charge in [0.15, 0.2) is 0 Å². The van der Waals surface area contributed by atoms with Gasteiger partial charge < -0.3 is 10.6 Å². The summed E-state index contributed by atoms with van der Waals surface area (Å²) in [5.41, 5.74) is 8.37. The van der Waals surface area contributed by atoms with Gasteiger partial charge in [0, 0.05) is 43.3 Å². The van der Waals surface area contributed by atoms with E-state index >= 15 is 0 Å². The molecule has 1 heterocycles. The van der Waals surface area contributed by atoms with E-state index in [4.69, 9.17) is 5.73 Å². The molecule has 2 N–H and O–H groups in total. The largest absolute Gasteiger partial charge is 0.370 e. The van der Waals surface area contributed by atoms with Crippen molar-refractivity contribution in [2.24, 2.45) is 5.73 Å². The standard InChI is InChI=1S/C15H18FN3/c1-11(17)15-13(16)4-3-5-14(15)19(2)10-12-6-8-18-9-7-12/h3-9,11H,10,17H2,1-2H3/t11-/m1/s1. The van der Waals surface area contributed by atoms with Crippen LogP contribution in [0, 0.1) is 5.82 Å². The average Bonchev–Trinajstić information content (AvgIpc) is 2.39. The van der Waals surface area contributed by atoms with Crippen molar-refractivity contribution in [2.45, 2.75) is 19.5 Å². The van der Waals surface area contributed by atoms with Crippen LogP contribution in [0.5, 0.6) is 0 Å². The second kappa shape index (κ2) is 5.80. The molecule has 0 spiro atoms. The number of nitrogens with two attached hydrogens (primary N) is 1. The quantitative estimate of drug-likeness (QED) is 0.918. The van der Waals surface area contributed by atoms with Crippen LogP contribution in [0.25, 0.3) is 0 Å². The van der Waals surface area contributed by atoms with Crippen molar-refractivity contribution in [2.75, 3.05) is 11.9 Å².